The van der Waals surface area contributed by atoms with Gasteiger partial charge in [-0.15, -0.1) is 5.10 Å². The fourth-order valence-corrected chi connectivity index (χ4v) is 3.53. The lowest BCUT2D eigenvalue weighted by Gasteiger charge is -2.33. The Morgan fingerprint density at radius 2 is 1.81 bits per heavy atom. The minimum atomic E-state index is -0.319. The second-order valence-corrected chi connectivity index (χ2v) is 6.65. The first-order valence-electron chi connectivity index (χ1n) is 8.84. The van der Waals surface area contributed by atoms with Gasteiger partial charge in [-0.3, -0.25) is 4.79 Å². The summed E-state index contributed by atoms with van der Waals surface area (Å²) >= 11 is 0. The molecule has 1 aromatic heterocycles. The predicted molar refractivity (Wildman–Crippen MR) is 90.4 cm³/mol. The van der Waals surface area contributed by atoms with Gasteiger partial charge in [-0.25, -0.2) is 9.07 Å². The molecule has 2 aliphatic rings. The Morgan fingerprint density at radius 3 is 2.46 bits per heavy atom. The van der Waals surface area contributed by atoms with Gasteiger partial charge in [-0.2, -0.15) is 0 Å². The molecule has 1 aromatic carbocycles. The second-order valence-electron chi connectivity index (χ2n) is 6.65. The van der Waals surface area contributed by atoms with Crippen LogP contribution in [-0.2, 0) is 9.47 Å². The minimum absolute atomic E-state index is 0.123. The predicted octanol–water partition coefficient (Wildman–Crippen LogP) is 1.94. The van der Waals surface area contributed by atoms with Crippen LogP contribution in [-0.4, -0.2) is 58.4 Å². The number of rotatable bonds is 3. The van der Waals surface area contributed by atoms with E-state index in [2.05, 4.69) is 10.3 Å². The fourth-order valence-electron chi connectivity index (χ4n) is 3.53. The summed E-state index contributed by atoms with van der Waals surface area (Å²) in [7, 11) is 0. The van der Waals surface area contributed by atoms with Gasteiger partial charge in [0.25, 0.3) is 5.91 Å². The van der Waals surface area contributed by atoms with Crippen molar-refractivity contribution >= 4 is 5.91 Å². The van der Waals surface area contributed by atoms with Crippen LogP contribution in [0.25, 0.3) is 5.69 Å². The summed E-state index contributed by atoms with van der Waals surface area (Å²) in [6, 6.07) is 5.93. The topological polar surface area (TPSA) is 69.5 Å². The summed E-state index contributed by atoms with van der Waals surface area (Å²) in [4.78, 5) is 14.6. The molecule has 0 saturated carbocycles. The van der Waals surface area contributed by atoms with Crippen molar-refractivity contribution < 1.29 is 18.7 Å². The number of aromatic nitrogens is 3. The van der Waals surface area contributed by atoms with E-state index in [4.69, 9.17) is 9.47 Å². The largest absolute Gasteiger partial charge is 0.350 e. The Hall–Kier alpha value is -2.32. The van der Waals surface area contributed by atoms with Crippen molar-refractivity contribution in [3.63, 3.8) is 0 Å². The SMILES string of the molecule is Cc1c(C(=O)N2CCC(C3OCCO3)CC2)nnn1-c1ccc(F)cc1. The molecule has 2 aliphatic heterocycles. The molecular formula is C18H21FN4O3. The number of hydrogen-bond donors (Lipinski definition) is 0. The van der Waals surface area contributed by atoms with Gasteiger partial charge in [0.2, 0.25) is 0 Å². The number of likely N-dealkylation sites (tertiary alicyclic amines) is 1. The van der Waals surface area contributed by atoms with E-state index in [1.54, 1.807) is 28.6 Å². The third kappa shape index (κ3) is 3.22. The van der Waals surface area contributed by atoms with Crippen molar-refractivity contribution in [3.05, 3.63) is 41.5 Å². The number of piperidine rings is 1. The number of nitrogens with zero attached hydrogens (tertiary/aromatic N) is 4. The van der Waals surface area contributed by atoms with Crippen LogP contribution in [0.15, 0.2) is 24.3 Å². The molecule has 0 radical (unpaired) electrons. The maximum atomic E-state index is 13.1. The number of carbonyl (C=O) groups is 1. The Labute approximate surface area is 150 Å². The molecule has 0 bridgehead atoms. The van der Waals surface area contributed by atoms with E-state index < -0.39 is 0 Å². The van der Waals surface area contributed by atoms with Crippen LogP contribution in [0.1, 0.15) is 29.0 Å². The van der Waals surface area contributed by atoms with E-state index in [-0.39, 0.29) is 18.0 Å². The van der Waals surface area contributed by atoms with Crippen LogP contribution in [0.4, 0.5) is 4.39 Å². The molecule has 3 heterocycles. The van der Waals surface area contributed by atoms with Crippen LogP contribution >= 0.6 is 0 Å². The molecule has 2 aromatic rings. The standard InChI is InChI=1S/C18H21FN4O3/c1-12-16(20-21-23(12)15-4-2-14(19)3-5-15)17(24)22-8-6-13(7-9-22)18-25-10-11-26-18/h2-5,13,18H,6-11H2,1H3. The zero-order valence-corrected chi connectivity index (χ0v) is 14.6. The van der Waals surface area contributed by atoms with Crippen molar-refractivity contribution in [2.75, 3.05) is 26.3 Å². The third-order valence-electron chi connectivity index (χ3n) is 5.03. The molecular weight excluding hydrogens is 339 g/mol. The van der Waals surface area contributed by atoms with E-state index in [1.165, 1.54) is 12.1 Å². The highest BCUT2D eigenvalue weighted by molar-refractivity contribution is 5.93. The summed E-state index contributed by atoms with van der Waals surface area (Å²) < 4.78 is 25.8. The molecule has 7 nitrogen and oxygen atoms in total. The first-order chi connectivity index (χ1) is 12.6. The monoisotopic (exact) mass is 360 g/mol. The van der Waals surface area contributed by atoms with Crippen molar-refractivity contribution in [2.45, 2.75) is 26.1 Å². The number of benzene rings is 1. The molecule has 2 fully saturated rings. The van der Waals surface area contributed by atoms with Crippen LogP contribution in [0, 0.1) is 18.7 Å². The smallest absolute Gasteiger partial charge is 0.276 e. The van der Waals surface area contributed by atoms with Gasteiger partial charge in [0.05, 0.1) is 24.6 Å². The summed E-state index contributed by atoms with van der Waals surface area (Å²) in [5, 5.41) is 8.13. The number of hydrogen-bond acceptors (Lipinski definition) is 5. The zero-order valence-electron chi connectivity index (χ0n) is 14.6. The molecule has 138 valence electrons. The molecule has 8 heteroatoms. The highest BCUT2D eigenvalue weighted by Gasteiger charge is 2.33. The van der Waals surface area contributed by atoms with Crippen LogP contribution in [0.2, 0.25) is 0 Å². The van der Waals surface area contributed by atoms with Gasteiger partial charge in [0.15, 0.2) is 12.0 Å². The Balaban J connectivity index is 1.45. The van der Waals surface area contributed by atoms with Gasteiger partial charge in [-0.1, -0.05) is 5.21 Å². The van der Waals surface area contributed by atoms with Gasteiger partial charge >= 0.3 is 0 Å². The molecule has 0 aliphatic carbocycles. The van der Waals surface area contributed by atoms with Crippen LogP contribution < -0.4 is 0 Å². The molecule has 0 unspecified atom stereocenters. The highest BCUT2D eigenvalue weighted by Crippen LogP contribution is 2.26. The lowest BCUT2D eigenvalue weighted by molar-refractivity contribution is -0.0956. The summed E-state index contributed by atoms with van der Waals surface area (Å²) in [5.41, 5.74) is 1.65. The summed E-state index contributed by atoms with van der Waals surface area (Å²) in [6.45, 7) is 4.39. The van der Waals surface area contributed by atoms with E-state index in [9.17, 15) is 9.18 Å². The van der Waals surface area contributed by atoms with E-state index in [1.807, 2.05) is 0 Å². The van der Waals surface area contributed by atoms with Crippen molar-refractivity contribution in [1.29, 1.82) is 0 Å². The van der Waals surface area contributed by atoms with Crippen molar-refractivity contribution in [1.82, 2.24) is 19.9 Å². The first-order valence-corrected chi connectivity index (χ1v) is 8.84. The molecule has 1 amide bonds. The maximum absolute atomic E-state index is 13.1. The Bertz CT molecular complexity index is 778. The van der Waals surface area contributed by atoms with Crippen LogP contribution in [0.5, 0.6) is 0 Å². The quantitative estimate of drug-likeness (QED) is 0.837. The van der Waals surface area contributed by atoms with E-state index >= 15 is 0 Å². The Morgan fingerprint density at radius 1 is 1.15 bits per heavy atom. The van der Waals surface area contributed by atoms with Crippen molar-refractivity contribution in [3.8, 4) is 5.69 Å². The average Bonchev–Trinajstić information content (AvgIpc) is 3.32. The number of carbonyl (C=O) groups excluding carboxylic acids is 1. The lowest BCUT2D eigenvalue weighted by atomic mass is 9.96. The van der Waals surface area contributed by atoms with E-state index in [0.717, 1.165) is 12.8 Å². The molecule has 26 heavy (non-hydrogen) atoms. The van der Waals surface area contributed by atoms with Crippen LogP contribution in [0.3, 0.4) is 0 Å². The maximum Gasteiger partial charge on any atom is 0.276 e. The molecule has 0 atom stereocenters. The normalized spacial score (nSPS) is 19.2. The summed E-state index contributed by atoms with van der Waals surface area (Å²) in [6.07, 6.45) is 1.57. The molecule has 4 rings (SSSR count). The second kappa shape index (κ2) is 7.13. The van der Waals surface area contributed by atoms with Crippen molar-refractivity contribution in [2.24, 2.45) is 5.92 Å². The third-order valence-corrected chi connectivity index (χ3v) is 5.03. The molecule has 0 N–H and O–H groups in total. The number of halogens is 1. The number of ether oxygens (including phenoxy) is 2. The van der Waals surface area contributed by atoms with E-state index in [0.29, 0.717) is 49.3 Å². The minimum Gasteiger partial charge on any atom is -0.350 e. The average molecular weight is 360 g/mol. The van der Waals surface area contributed by atoms with Gasteiger partial charge in [0.1, 0.15) is 5.82 Å². The molecule has 0 spiro atoms. The highest BCUT2D eigenvalue weighted by atomic mass is 19.1. The molecule has 2 saturated heterocycles. The lowest BCUT2D eigenvalue weighted by Crippen LogP contribution is -2.41. The van der Waals surface area contributed by atoms with Gasteiger partial charge < -0.3 is 14.4 Å². The summed E-state index contributed by atoms with van der Waals surface area (Å²) in [5.74, 6) is -0.110. The van der Waals surface area contributed by atoms with Gasteiger partial charge in [-0.05, 0) is 44.0 Å². The first kappa shape index (κ1) is 17.1. The number of amides is 1. The Kier molecular flexibility index (Phi) is 4.69. The zero-order chi connectivity index (χ0) is 18.1. The fraction of sp³-hybridized carbons (Fsp3) is 0.500. The van der Waals surface area contributed by atoms with Gasteiger partial charge in [0, 0.05) is 19.0 Å².